The summed E-state index contributed by atoms with van der Waals surface area (Å²) in [6.07, 6.45) is 0. The van der Waals surface area contributed by atoms with Crippen molar-refractivity contribution in [3.63, 3.8) is 0 Å². The molecule has 1 aliphatic rings. The fourth-order valence-corrected chi connectivity index (χ4v) is 2.63. The molecular formula is C15H22N6O. The fourth-order valence-electron chi connectivity index (χ4n) is 2.63. The second-order valence-corrected chi connectivity index (χ2v) is 5.36. The van der Waals surface area contributed by atoms with Crippen molar-refractivity contribution in [1.29, 1.82) is 0 Å². The van der Waals surface area contributed by atoms with Crippen molar-refractivity contribution in [3.05, 3.63) is 29.8 Å². The Labute approximate surface area is 130 Å². The molecule has 1 aromatic carbocycles. The van der Waals surface area contributed by atoms with E-state index in [1.165, 1.54) is 5.56 Å². The average molecular weight is 302 g/mol. The highest BCUT2D eigenvalue weighted by molar-refractivity contribution is 5.34. The van der Waals surface area contributed by atoms with Gasteiger partial charge in [-0.15, -0.1) is 5.10 Å². The van der Waals surface area contributed by atoms with Crippen LogP contribution in [0.1, 0.15) is 12.5 Å². The van der Waals surface area contributed by atoms with Crippen LogP contribution in [-0.4, -0.2) is 52.9 Å². The van der Waals surface area contributed by atoms with Crippen LogP contribution in [0.3, 0.4) is 0 Å². The molecule has 7 nitrogen and oxygen atoms in total. The SMILES string of the molecule is CCOc1ccc(CN2CCN(c3n[nH]c(N)n3)CC2)cc1. The lowest BCUT2D eigenvalue weighted by atomic mass is 10.2. The quantitative estimate of drug-likeness (QED) is 0.861. The van der Waals surface area contributed by atoms with E-state index in [2.05, 4.69) is 37.1 Å². The molecule has 0 unspecified atom stereocenters. The Kier molecular flexibility index (Phi) is 4.43. The molecule has 3 rings (SSSR count). The van der Waals surface area contributed by atoms with Gasteiger partial charge in [-0.3, -0.25) is 4.90 Å². The van der Waals surface area contributed by atoms with Crippen LogP contribution in [0.25, 0.3) is 0 Å². The molecule has 2 heterocycles. The Morgan fingerprint density at radius 3 is 2.50 bits per heavy atom. The van der Waals surface area contributed by atoms with E-state index in [-0.39, 0.29) is 0 Å². The third kappa shape index (κ3) is 3.48. The number of nitrogens with zero attached hydrogens (tertiary/aromatic N) is 4. The number of nitrogens with one attached hydrogen (secondary N) is 1. The standard InChI is InChI=1S/C15H22N6O/c1-2-22-13-5-3-12(4-6-13)11-20-7-9-21(10-8-20)15-17-14(16)18-19-15/h3-6H,2,7-11H2,1H3,(H3,16,17,18,19). The van der Waals surface area contributed by atoms with Gasteiger partial charge in [-0.2, -0.15) is 4.98 Å². The van der Waals surface area contributed by atoms with E-state index in [0.29, 0.717) is 18.5 Å². The molecule has 118 valence electrons. The highest BCUT2D eigenvalue weighted by Crippen LogP contribution is 2.16. The minimum absolute atomic E-state index is 0.367. The van der Waals surface area contributed by atoms with E-state index in [4.69, 9.17) is 10.5 Å². The first-order chi connectivity index (χ1) is 10.7. The molecule has 1 fully saturated rings. The zero-order valence-corrected chi connectivity index (χ0v) is 12.8. The van der Waals surface area contributed by atoms with Crippen LogP contribution in [0, 0.1) is 0 Å². The monoisotopic (exact) mass is 302 g/mol. The van der Waals surface area contributed by atoms with Crippen molar-refractivity contribution >= 4 is 11.9 Å². The first-order valence-electron chi connectivity index (χ1n) is 7.61. The number of ether oxygens (including phenoxy) is 1. The number of hydrogen-bond donors (Lipinski definition) is 2. The molecule has 7 heteroatoms. The molecular weight excluding hydrogens is 280 g/mol. The Bertz CT molecular complexity index is 588. The summed E-state index contributed by atoms with van der Waals surface area (Å²) in [5.74, 6) is 1.99. The lowest BCUT2D eigenvalue weighted by molar-refractivity contribution is 0.248. The van der Waals surface area contributed by atoms with Gasteiger partial charge in [-0.25, -0.2) is 5.10 Å². The molecule has 3 N–H and O–H groups in total. The van der Waals surface area contributed by atoms with Crippen molar-refractivity contribution in [1.82, 2.24) is 20.1 Å². The maximum absolute atomic E-state index is 5.57. The van der Waals surface area contributed by atoms with E-state index in [1.807, 2.05) is 19.1 Å². The molecule has 0 atom stereocenters. The van der Waals surface area contributed by atoms with Crippen LogP contribution in [0.4, 0.5) is 11.9 Å². The van der Waals surface area contributed by atoms with Crippen LogP contribution in [0.5, 0.6) is 5.75 Å². The van der Waals surface area contributed by atoms with E-state index < -0.39 is 0 Å². The van der Waals surface area contributed by atoms with E-state index >= 15 is 0 Å². The summed E-state index contributed by atoms with van der Waals surface area (Å²) in [5.41, 5.74) is 6.88. The minimum Gasteiger partial charge on any atom is -0.494 e. The van der Waals surface area contributed by atoms with Crippen LogP contribution in [0.2, 0.25) is 0 Å². The summed E-state index contributed by atoms with van der Waals surface area (Å²) in [4.78, 5) is 8.76. The van der Waals surface area contributed by atoms with Crippen molar-refractivity contribution in [2.75, 3.05) is 43.4 Å². The zero-order valence-electron chi connectivity index (χ0n) is 12.8. The predicted molar refractivity (Wildman–Crippen MR) is 85.9 cm³/mol. The molecule has 0 saturated carbocycles. The molecule has 1 saturated heterocycles. The normalized spacial score (nSPS) is 16.0. The second-order valence-electron chi connectivity index (χ2n) is 5.36. The number of rotatable bonds is 5. The summed E-state index contributed by atoms with van der Waals surface area (Å²) in [6, 6.07) is 8.33. The van der Waals surface area contributed by atoms with Gasteiger partial charge in [-0.1, -0.05) is 12.1 Å². The molecule has 2 aromatic rings. The van der Waals surface area contributed by atoms with Gasteiger partial charge in [0, 0.05) is 32.7 Å². The first kappa shape index (κ1) is 14.6. The number of anilines is 2. The van der Waals surface area contributed by atoms with Crippen LogP contribution < -0.4 is 15.4 Å². The molecule has 0 amide bonds. The Morgan fingerprint density at radius 2 is 1.91 bits per heavy atom. The average Bonchev–Trinajstić information content (AvgIpc) is 2.97. The van der Waals surface area contributed by atoms with Crippen molar-refractivity contribution in [3.8, 4) is 5.75 Å². The van der Waals surface area contributed by atoms with Gasteiger partial charge in [0.15, 0.2) is 0 Å². The number of aromatic amines is 1. The summed E-state index contributed by atoms with van der Waals surface area (Å²) < 4.78 is 5.47. The summed E-state index contributed by atoms with van der Waals surface area (Å²) in [7, 11) is 0. The Balaban J connectivity index is 1.51. The van der Waals surface area contributed by atoms with E-state index in [0.717, 1.165) is 38.5 Å². The number of H-pyrrole nitrogens is 1. The van der Waals surface area contributed by atoms with Crippen molar-refractivity contribution < 1.29 is 4.74 Å². The van der Waals surface area contributed by atoms with Gasteiger partial charge >= 0.3 is 0 Å². The lowest BCUT2D eigenvalue weighted by Crippen LogP contribution is -2.46. The zero-order chi connectivity index (χ0) is 15.4. The lowest BCUT2D eigenvalue weighted by Gasteiger charge is -2.34. The van der Waals surface area contributed by atoms with E-state index in [9.17, 15) is 0 Å². The maximum atomic E-state index is 5.57. The van der Waals surface area contributed by atoms with Crippen LogP contribution in [-0.2, 0) is 6.54 Å². The van der Waals surface area contributed by atoms with Crippen LogP contribution >= 0.6 is 0 Å². The molecule has 0 aliphatic carbocycles. The Hall–Kier alpha value is -2.28. The van der Waals surface area contributed by atoms with Gasteiger partial charge in [0.25, 0.3) is 0 Å². The minimum atomic E-state index is 0.367. The van der Waals surface area contributed by atoms with Gasteiger partial charge in [-0.05, 0) is 24.6 Å². The van der Waals surface area contributed by atoms with Crippen molar-refractivity contribution in [2.24, 2.45) is 0 Å². The largest absolute Gasteiger partial charge is 0.494 e. The van der Waals surface area contributed by atoms with Gasteiger partial charge < -0.3 is 15.4 Å². The third-order valence-electron chi connectivity index (χ3n) is 3.79. The topological polar surface area (TPSA) is 83.3 Å². The molecule has 1 aliphatic heterocycles. The maximum Gasteiger partial charge on any atom is 0.246 e. The summed E-state index contributed by atoms with van der Waals surface area (Å²) in [5, 5.41) is 6.79. The molecule has 22 heavy (non-hydrogen) atoms. The highest BCUT2D eigenvalue weighted by Gasteiger charge is 2.19. The summed E-state index contributed by atoms with van der Waals surface area (Å²) >= 11 is 0. The number of aromatic nitrogens is 3. The highest BCUT2D eigenvalue weighted by atomic mass is 16.5. The number of hydrogen-bond acceptors (Lipinski definition) is 6. The number of nitrogen functional groups attached to an aromatic ring is 1. The number of piperazine rings is 1. The molecule has 0 bridgehead atoms. The van der Waals surface area contributed by atoms with Crippen LogP contribution in [0.15, 0.2) is 24.3 Å². The predicted octanol–water partition coefficient (Wildman–Crippen LogP) is 1.11. The van der Waals surface area contributed by atoms with E-state index in [1.54, 1.807) is 0 Å². The third-order valence-corrected chi connectivity index (χ3v) is 3.79. The summed E-state index contributed by atoms with van der Waals surface area (Å²) in [6.45, 7) is 7.45. The Morgan fingerprint density at radius 1 is 1.18 bits per heavy atom. The molecule has 1 aromatic heterocycles. The molecule has 0 spiro atoms. The number of nitrogens with two attached hydrogens (primary N) is 1. The smallest absolute Gasteiger partial charge is 0.246 e. The van der Waals surface area contributed by atoms with Crippen molar-refractivity contribution in [2.45, 2.75) is 13.5 Å². The fraction of sp³-hybridized carbons (Fsp3) is 0.467. The van der Waals surface area contributed by atoms with Gasteiger partial charge in [0.1, 0.15) is 5.75 Å². The second kappa shape index (κ2) is 6.65. The van der Waals surface area contributed by atoms with Gasteiger partial charge in [0.2, 0.25) is 11.9 Å². The first-order valence-corrected chi connectivity index (χ1v) is 7.61. The number of benzene rings is 1. The van der Waals surface area contributed by atoms with Gasteiger partial charge in [0.05, 0.1) is 6.61 Å². The molecule has 0 radical (unpaired) electrons.